The van der Waals surface area contributed by atoms with E-state index in [2.05, 4.69) is 10.2 Å². The van der Waals surface area contributed by atoms with Crippen LogP contribution in [0.5, 0.6) is 0 Å². The molecular formula is C20H17N3O3S. The van der Waals surface area contributed by atoms with Gasteiger partial charge in [-0.1, -0.05) is 18.2 Å². The predicted octanol–water partition coefficient (Wildman–Crippen LogP) is 4.56. The van der Waals surface area contributed by atoms with Gasteiger partial charge in [0.2, 0.25) is 11.8 Å². The topological polar surface area (TPSA) is 72.4 Å². The molecule has 0 saturated carbocycles. The second-order valence-electron chi connectivity index (χ2n) is 6.70. The van der Waals surface area contributed by atoms with Crippen LogP contribution in [0.2, 0.25) is 0 Å². The normalized spacial score (nSPS) is 17.5. The number of likely N-dealkylation sites (tertiary alicyclic amines) is 1. The van der Waals surface area contributed by atoms with Crippen LogP contribution in [0.25, 0.3) is 22.4 Å². The molecule has 7 heteroatoms. The summed E-state index contributed by atoms with van der Waals surface area (Å²) in [5.41, 5.74) is 1.66. The number of hydrogen-bond acceptors (Lipinski definition) is 6. The van der Waals surface area contributed by atoms with Gasteiger partial charge in [-0.15, -0.1) is 10.2 Å². The Morgan fingerprint density at radius 3 is 2.96 bits per heavy atom. The van der Waals surface area contributed by atoms with Gasteiger partial charge in [-0.3, -0.25) is 4.79 Å². The van der Waals surface area contributed by atoms with E-state index in [1.54, 1.807) is 11.3 Å². The van der Waals surface area contributed by atoms with Crippen molar-refractivity contribution in [3.8, 4) is 11.5 Å². The van der Waals surface area contributed by atoms with Crippen LogP contribution in [-0.2, 0) is 0 Å². The number of thiophene rings is 1. The summed E-state index contributed by atoms with van der Waals surface area (Å²) in [6.45, 7) is 1.26. The number of carbonyl (C=O) groups is 1. The molecule has 4 aromatic rings. The summed E-state index contributed by atoms with van der Waals surface area (Å²) in [5, 5.41) is 13.3. The minimum absolute atomic E-state index is 0.0481. The van der Waals surface area contributed by atoms with E-state index in [0.717, 1.165) is 29.4 Å². The molecule has 1 fully saturated rings. The lowest BCUT2D eigenvalue weighted by Gasteiger charge is -2.30. The number of aromatic nitrogens is 2. The quantitative estimate of drug-likeness (QED) is 0.522. The van der Waals surface area contributed by atoms with Crippen molar-refractivity contribution in [2.24, 2.45) is 0 Å². The Hall–Kier alpha value is -2.93. The second-order valence-corrected chi connectivity index (χ2v) is 7.48. The molecule has 1 atom stereocenters. The number of carbonyl (C=O) groups excluding carboxylic acids is 1. The molecule has 1 aliphatic heterocycles. The minimum Gasteiger partial charge on any atom is -0.451 e. The number of benzene rings is 1. The summed E-state index contributed by atoms with van der Waals surface area (Å²) in [5.74, 6) is 1.46. The molecule has 0 aliphatic carbocycles. The maximum atomic E-state index is 12.9. The Morgan fingerprint density at radius 2 is 2.11 bits per heavy atom. The van der Waals surface area contributed by atoms with Crippen molar-refractivity contribution >= 4 is 28.2 Å². The van der Waals surface area contributed by atoms with Gasteiger partial charge in [0.15, 0.2) is 5.76 Å². The molecule has 136 valence electrons. The van der Waals surface area contributed by atoms with Crippen LogP contribution < -0.4 is 0 Å². The fraction of sp³-hybridized carbons (Fsp3) is 0.250. The molecule has 5 rings (SSSR count). The zero-order valence-corrected chi connectivity index (χ0v) is 15.3. The van der Waals surface area contributed by atoms with Gasteiger partial charge < -0.3 is 13.7 Å². The van der Waals surface area contributed by atoms with E-state index in [-0.39, 0.29) is 11.8 Å². The first-order chi connectivity index (χ1) is 13.3. The van der Waals surface area contributed by atoms with Crippen molar-refractivity contribution in [1.82, 2.24) is 15.1 Å². The Labute approximate surface area is 159 Å². The van der Waals surface area contributed by atoms with Gasteiger partial charge in [0, 0.05) is 29.4 Å². The van der Waals surface area contributed by atoms with Crippen LogP contribution >= 0.6 is 11.3 Å². The number of para-hydroxylation sites is 1. The van der Waals surface area contributed by atoms with Crippen LogP contribution in [0.15, 0.2) is 56.0 Å². The number of fused-ring (bicyclic) bond motifs is 1. The lowest BCUT2D eigenvalue weighted by atomic mass is 9.98. The van der Waals surface area contributed by atoms with Crippen molar-refractivity contribution < 1.29 is 13.6 Å². The first-order valence-electron chi connectivity index (χ1n) is 8.92. The number of rotatable bonds is 3. The second kappa shape index (κ2) is 6.66. The number of nitrogens with zero attached hydrogens (tertiary/aromatic N) is 3. The third-order valence-electron chi connectivity index (χ3n) is 4.90. The minimum atomic E-state index is -0.0894. The molecular weight excluding hydrogens is 362 g/mol. The average molecular weight is 379 g/mol. The molecule has 27 heavy (non-hydrogen) atoms. The summed E-state index contributed by atoms with van der Waals surface area (Å²) in [4.78, 5) is 14.7. The van der Waals surface area contributed by atoms with E-state index in [1.165, 1.54) is 0 Å². The van der Waals surface area contributed by atoms with Crippen LogP contribution in [0, 0.1) is 0 Å². The monoisotopic (exact) mass is 379 g/mol. The van der Waals surface area contributed by atoms with Crippen LogP contribution in [0.4, 0.5) is 0 Å². The fourth-order valence-corrected chi connectivity index (χ4v) is 4.14. The number of hydrogen-bond donors (Lipinski definition) is 0. The third-order valence-corrected chi connectivity index (χ3v) is 5.59. The molecule has 0 radical (unpaired) electrons. The smallest absolute Gasteiger partial charge is 0.289 e. The van der Waals surface area contributed by atoms with Crippen LogP contribution in [0.3, 0.4) is 0 Å². The number of piperidine rings is 1. The molecule has 3 aromatic heterocycles. The lowest BCUT2D eigenvalue weighted by Crippen LogP contribution is -2.39. The standard InChI is InChI=1S/C20H17N3O3S/c24-20(17-10-13-4-1-2-6-16(13)25-17)23-8-3-5-14(11-23)18-21-22-19(26-18)15-7-9-27-12-15/h1-2,4,6-7,9-10,12,14H,3,5,8,11H2. The first-order valence-corrected chi connectivity index (χ1v) is 9.86. The Kier molecular flexibility index (Phi) is 4.01. The van der Waals surface area contributed by atoms with E-state index < -0.39 is 0 Å². The van der Waals surface area contributed by atoms with Crippen LogP contribution in [0.1, 0.15) is 35.2 Å². The van der Waals surface area contributed by atoms with E-state index in [1.807, 2.05) is 52.1 Å². The maximum absolute atomic E-state index is 12.9. The molecule has 1 amide bonds. The Morgan fingerprint density at radius 1 is 1.19 bits per heavy atom. The molecule has 1 aromatic carbocycles. The summed E-state index contributed by atoms with van der Waals surface area (Å²) in [6, 6.07) is 11.4. The van der Waals surface area contributed by atoms with Crippen molar-refractivity contribution in [3.63, 3.8) is 0 Å². The van der Waals surface area contributed by atoms with Gasteiger partial charge >= 0.3 is 0 Å². The van der Waals surface area contributed by atoms with Crippen molar-refractivity contribution in [3.05, 3.63) is 58.8 Å². The zero-order chi connectivity index (χ0) is 18.2. The first kappa shape index (κ1) is 16.3. The van der Waals surface area contributed by atoms with Crippen molar-refractivity contribution in [1.29, 1.82) is 0 Å². The highest BCUT2D eigenvalue weighted by Crippen LogP contribution is 2.30. The van der Waals surface area contributed by atoms with Gasteiger partial charge in [-0.05, 0) is 36.4 Å². The molecule has 1 unspecified atom stereocenters. The largest absolute Gasteiger partial charge is 0.451 e. The average Bonchev–Trinajstić information content (AvgIpc) is 3.47. The van der Waals surface area contributed by atoms with Crippen molar-refractivity contribution in [2.75, 3.05) is 13.1 Å². The SMILES string of the molecule is O=C(c1cc2ccccc2o1)N1CCCC(c2nnc(-c3ccsc3)o2)C1. The van der Waals surface area contributed by atoms with Gasteiger partial charge in [0.25, 0.3) is 5.91 Å². The molecule has 4 heterocycles. The number of furan rings is 1. The summed E-state index contributed by atoms with van der Waals surface area (Å²) in [7, 11) is 0. The molecule has 1 saturated heterocycles. The third kappa shape index (κ3) is 3.04. The maximum Gasteiger partial charge on any atom is 0.289 e. The Balaban J connectivity index is 1.35. The van der Waals surface area contributed by atoms with Gasteiger partial charge in [0.05, 0.1) is 5.92 Å². The molecule has 0 N–H and O–H groups in total. The summed E-state index contributed by atoms with van der Waals surface area (Å²) < 4.78 is 11.6. The van der Waals surface area contributed by atoms with Gasteiger partial charge in [-0.25, -0.2) is 0 Å². The molecule has 1 aliphatic rings. The molecule has 6 nitrogen and oxygen atoms in total. The van der Waals surface area contributed by atoms with Gasteiger partial charge in [0.1, 0.15) is 5.58 Å². The molecule has 0 spiro atoms. The van der Waals surface area contributed by atoms with Crippen LogP contribution in [-0.4, -0.2) is 34.1 Å². The summed E-state index contributed by atoms with van der Waals surface area (Å²) in [6.07, 6.45) is 1.82. The van der Waals surface area contributed by atoms with Gasteiger partial charge in [-0.2, -0.15) is 11.3 Å². The zero-order valence-electron chi connectivity index (χ0n) is 14.5. The van der Waals surface area contributed by atoms with E-state index in [4.69, 9.17) is 8.83 Å². The fourth-order valence-electron chi connectivity index (χ4n) is 3.51. The van der Waals surface area contributed by atoms with E-state index in [9.17, 15) is 4.79 Å². The summed E-state index contributed by atoms with van der Waals surface area (Å²) >= 11 is 1.59. The predicted molar refractivity (Wildman–Crippen MR) is 102 cm³/mol. The Bertz CT molecular complexity index is 1050. The highest BCUT2D eigenvalue weighted by molar-refractivity contribution is 7.08. The highest BCUT2D eigenvalue weighted by atomic mass is 32.1. The van der Waals surface area contributed by atoms with Crippen molar-refractivity contribution in [2.45, 2.75) is 18.8 Å². The lowest BCUT2D eigenvalue weighted by molar-refractivity contribution is 0.0668. The highest BCUT2D eigenvalue weighted by Gasteiger charge is 2.30. The number of amides is 1. The van der Waals surface area contributed by atoms with E-state index >= 15 is 0 Å². The van der Waals surface area contributed by atoms with E-state index in [0.29, 0.717) is 30.6 Å². The molecule has 0 bridgehead atoms.